The molecule has 68 valence electrons. The van der Waals surface area contributed by atoms with Gasteiger partial charge in [0.25, 0.3) is 0 Å². The van der Waals surface area contributed by atoms with Gasteiger partial charge in [-0.15, -0.1) is 0 Å². The van der Waals surface area contributed by atoms with Crippen LogP contribution in [0.15, 0.2) is 46.0 Å². The fourth-order valence-electron chi connectivity index (χ4n) is 2.01. The van der Waals surface area contributed by atoms with Crippen LogP contribution >= 0.6 is 0 Å². The lowest BCUT2D eigenvalue weighted by atomic mass is 10.0. The second-order valence-corrected chi connectivity index (χ2v) is 3.57. The highest BCUT2D eigenvalue weighted by molar-refractivity contribution is 5.85. The molecule has 0 radical (unpaired) electrons. The Bertz CT molecular complexity index is 564. The highest BCUT2D eigenvalue weighted by Gasteiger charge is 2.19. The van der Waals surface area contributed by atoms with Gasteiger partial charge in [-0.05, 0) is 19.1 Å². The van der Waals surface area contributed by atoms with Gasteiger partial charge in [0.15, 0.2) is 0 Å². The summed E-state index contributed by atoms with van der Waals surface area (Å²) >= 11 is 0. The summed E-state index contributed by atoms with van der Waals surface area (Å²) in [4.78, 5) is 8.93. The van der Waals surface area contributed by atoms with Crippen LogP contribution in [0.1, 0.15) is 6.92 Å². The molecule has 1 aromatic rings. The summed E-state index contributed by atoms with van der Waals surface area (Å²) in [7, 11) is 0. The minimum atomic E-state index is 0.238. The van der Waals surface area contributed by atoms with Gasteiger partial charge in [-0.3, -0.25) is 4.99 Å². The standard InChI is InChI=1S/C12H10N2/c1-8-12-9-4-2-3-5-10(9)14-11(12)6-7-13-8/h2-8H,1H3. The molecular weight excluding hydrogens is 172 g/mol. The third kappa shape index (κ3) is 0.909. The lowest BCUT2D eigenvalue weighted by Crippen LogP contribution is -2.25. The van der Waals surface area contributed by atoms with Gasteiger partial charge in [0, 0.05) is 17.0 Å². The minimum absolute atomic E-state index is 0.238. The topological polar surface area (TPSA) is 24.7 Å². The quantitative estimate of drug-likeness (QED) is 0.567. The fourth-order valence-corrected chi connectivity index (χ4v) is 2.01. The second kappa shape index (κ2) is 2.64. The van der Waals surface area contributed by atoms with E-state index in [1.54, 1.807) is 0 Å². The van der Waals surface area contributed by atoms with E-state index in [-0.39, 0.29) is 6.04 Å². The molecule has 0 spiro atoms. The number of hydrogen-bond acceptors (Lipinski definition) is 2. The molecule has 3 rings (SSSR count). The molecule has 2 heteroatoms. The number of rotatable bonds is 0. The SMILES string of the molecule is CC1N=CC=C2N=c3ccccc3=C21. The van der Waals surface area contributed by atoms with Crippen LogP contribution in [-0.4, -0.2) is 12.3 Å². The van der Waals surface area contributed by atoms with Crippen LogP contribution in [0.25, 0.3) is 5.57 Å². The molecule has 0 amide bonds. The molecule has 2 nitrogen and oxygen atoms in total. The summed E-state index contributed by atoms with van der Waals surface area (Å²) < 4.78 is 0. The van der Waals surface area contributed by atoms with Crippen molar-refractivity contribution in [1.29, 1.82) is 0 Å². The van der Waals surface area contributed by atoms with Crippen LogP contribution in [-0.2, 0) is 0 Å². The normalized spacial score (nSPS) is 22.5. The molecule has 0 bridgehead atoms. The van der Waals surface area contributed by atoms with Crippen LogP contribution in [0.3, 0.4) is 0 Å². The molecule has 14 heavy (non-hydrogen) atoms. The van der Waals surface area contributed by atoms with Crippen molar-refractivity contribution >= 4 is 11.8 Å². The van der Waals surface area contributed by atoms with Crippen LogP contribution in [0.4, 0.5) is 0 Å². The van der Waals surface area contributed by atoms with Gasteiger partial charge in [0.2, 0.25) is 0 Å². The van der Waals surface area contributed by atoms with Crippen molar-refractivity contribution < 1.29 is 0 Å². The Morgan fingerprint density at radius 3 is 3.00 bits per heavy atom. The molecular formula is C12H10N2. The van der Waals surface area contributed by atoms with E-state index in [4.69, 9.17) is 0 Å². The van der Waals surface area contributed by atoms with Crippen LogP contribution < -0.4 is 10.6 Å². The van der Waals surface area contributed by atoms with Crippen molar-refractivity contribution in [3.63, 3.8) is 0 Å². The zero-order chi connectivity index (χ0) is 9.54. The van der Waals surface area contributed by atoms with Crippen molar-refractivity contribution in [3.8, 4) is 0 Å². The largest absolute Gasteiger partial charge is 0.285 e. The van der Waals surface area contributed by atoms with E-state index in [1.807, 2.05) is 24.4 Å². The van der Waals surface area contributed by atoms with Crippen molar-refractivity contribution in [2.75, 3.05) is 0 Å². The maximum Gasteiger partial charge on any atom is 0.0748 e. The number of para-hydroxylation sites is 1. The molecule has 0 N–H and O–H groups in total. The van der Waals surface area contributed by atoms with Gasteiger partial charge in [-0.1, -0.05) is 18.2 Å². The zero-order valence-electron chi connectivity index (χ0n) is 7.94. The van der Waals surface area contributed by atoms with Gasteiger partial charge in [-0.25, -0.2) is 4.99 Å². The first-order chi connectivity index (χ1) is 6.86. The predicted octanol–water partition coefficient (Wildman–Crippen LogP) is 0.827. The van der Waals surface area contributed by atoms with Crippen LogP contribution in [0, 0.1) is 0 Å². The molecule has 0 fully saturated rings. The van der Waals surface area contributed by atoms with Gasteiger partial charge < -0.3 is 0 Å². The smallest absolute Gasteiger partial charge is 0.0748 e. The van der Waals surface area contributed by atoms with E-state index in [0.717, 1.165) is 11.1 Å². The number of benzene rings is 1. The number of nitrogens with zero attached hydrogens (tertiary/aromatic N) is 2. The summed E-state index contributed by atoms with van der Waals surface area (Å²) in [5.41, 5.74) is 2.34. The minimum Gasteiger partial charge on any atom is -0.285 e. The molecule has 0 saturated carbocycles. The maximum absolute atomic E-state index is 4.56. The van der Waals surface area contributed by atoms with E-state index in [0.29, 0.717) is 0 Å². The van der Waals surface area contributed by atoms with Crippen LogP contribution in [0.2, 0.25) is 0 Å². The maximum atomic E-state index is 4.56. The first kappa shape index (κ1) is 7.68. The van der Waals surface area contributed by atoms with Crippen molar-refractivity contribution in [3.05, 3.63) is 46.6 Å². The molecule has 1 aromatic carbocycles. The van der Waals surface area contributed by atoms with E-state index >= 15 is 0 Å². The third-order valence-corrected chi connectivity index (χ3v) is 2.67. The van der Waals surface area contributed by atoms with Crippen molar-refractivity contribution in [2.45, 2.75) is 13.0 Å². The highest BCUT2D eigenvalue weighted by Crippen LogP contribution is 2.22. The van der Waals surface area contributed by atoms with Gasteiger partial charge in [-0.2, -0.15) is 0 Å². The molecule has 0 aromatic heterocycles. The summed E-state index contributed by atoms with van der Waals surface area (Å²) in [5, 5.41) is 2.31. The van der Waals surface area contributed by atoms with Crippen molar-refractivity contribution in [2.24, 2.45) is 9.98 Å². The number of dihydropyridines is 1. The average Bonchev–Trinajstić information content (AvgIpc) is 2.57. The Morgan fingerprint density at radius 2 is 2.07 bits per heavy atom. The first-order valence-corrected chi connectivity index (χ1v) is 4.78. The number of hydrogen-bond donors (Lipinski definition) is 0. The number of allylic oxidation sites excluding steroid dienone is 1. The summed E-state index contributed by atoms with van der Waals surface area (Å²) in [6.07, 6.45) is 3.83. The molecule has 2 aliphatic rings. The van der Waals surface area contributed by atoms with E-state index < -0.39 is 0 Å². The van der Waals surface area contributed by atoms with E-state index in [1.165, 1.54) is 10.8 Å². The highest BCUT2D eigenvalue weighted by atomic mass is 14.9. The van der Waals surface area contributed by atoms with Gasteiger partial charge >= 0.3 is 0 Å². The molecule has 0 saturated heterocycles. The molecule has 1 unspecified atom stereocenters. The van der Waals surface area contributed by atoms with Crippen molar-refractivity contribution in [1.82, 2.24) is 0 Å². The molecule has 2 aliphatic heterocycles. The van der Waals surface area contributed by atoms with Gasteiger partial charge in [0.1, 0.15) is 0 Å². The second-order valence-electron chi connectivity index (χ2n) is 3.57. The Morgan fingerprint density at radius 1 is 1.21 bits per heavy atom. The predicted molar refractivity (Wildman–Crippen MR) is 56.7 cm³/mol. The monoisotopic (exact) mass is 182 g/mol. The molecule has 1 atom stereocenters. The van der Waals surface area contributed by atoms with Crippen LogP contribution in [0.5, 0.6) is 0 Å². The van der Waals surface area contributed by atoms with E-state index in [2.05, 4.69) is 29.0 Å². The summed E-state index contributed by atoms with van der Waals surface area (Å²) in [6.45, 7) is 2.11. The van der Waals surface area contributed by atoms with E-state index in [9.17, 15) is 0 Å². The Labute approximate surface area is 82.0 Å². The Hall–Kier alpha value is -1.70. The average molecular weight is 182 g/mol. The molecule has 0 aliphatic carbocycles. The Kier molecular flexibility index (Phi) is 1.45. The number of aliphatic imine (C=N–C) groups is 1. The fraction of sp³-hybridized carbons (Fsp3) is 0.167. The first-order valence-electron chi connectivity index (χ1n) is 4.78. The molecule has 2 heterocycles. The van der Waals surface area contributed by atoms with Gasteiger partial charge in [0.05, 0.1) is 17.1 Å². The lowest BCUT2D eigenvalue weighted by Gasteiger charge is -2.12. The number of fused-ring (bicyclic) bond motifs is 2. The summed E-state index contributed by atoms with van der Waals surface area (Å²) in [6, 6.07) is 8.48. The lowest BCUT2D eigenvalue weighted by molar-refractivity contribution is 0.938. The zero-order valence-corrected chi connectivity index (χ0v) is 7.94. The third-order valence-electron chi connectivity index (χ3n) is 2.67. The Balaban J connectivity index is 2.45. The summed E-state index contributed by atoms with van der Waals surface area (Å²) in [5.74, 6) is 0.